The molecular formula is C14H24N4. The average molecular weight is 248 g/mol. The van der Waals surface area contributed by atoms with E-state index < -0.39 is 0 Å². The fourth-order valence-corrected chi connectivity index (χ4v) is 2.51. The van der Waals surface area contributed by atoms with Gasteiger partial charge in [0.2, 0.25) is 5.95 Å². The lowest BCUT2D eigenvalue weighted by Gasteiger charge is -2.32. The van der Waals surface area contributed by atoms with Gasteiger partial charge in [-0.05, 0) is 43.2 Å². The number of hydrogen-bond acceptors (Lipinski definition) is 4. The van der Waals surface area contributed by atoms with Crippen molar-refractivity contribution >= 4 is 5.95 Å². The average Bonchev–Trinajstić information content (AvgIpc) is 2.39. The summed E-state index contributed by atoms with van der Waals surface area (Å²) in [5.41, 5.74) is 6.85. The summed E-state index contributed by atoms with van der Waals surface area (Å²) in [6, 6.07) is 0. The highest BCUT2D eigenvalue weighted by Crippen LogP contribution is 2.22. The predicted octanol–water partition coefficient (Wildman–Crippen LogP) is 2.17. The zero-order valence-electron chi connectivity index (χ0n) is 11.5. The van der Waals surface area contributed by atoms with Gasteiger partial charge in [-0.25, -0.2) is 9.97 Å². The van der Waals surface area contributed by atoms with Crippen LogP contribution in [0.4, 0.5) is 5.95 Å². The normalized spacial score (nSPS) is 20.4. The van der Waals surface area contributed by atoms with Crippen LogP contribution in [0.5, 0.6) is 0 Å². The Hall–Kier alpha value is -1.16. The van der Waals surface area contributed by atoms with Crippen LogP contribution in [-0.2, 0) is 0 Å². The molecule has 0 radical (unpaired) electrons. The molecule has 0 amide bonds. The highest BCUT2D eigenvalue weighted by molar-refractivity contribution is 5.31. The lowest BCUT2D eigenvalue weighted by atomic mass is 9.95. The van der Waals surface area contributed by atoms with Gasteiger partial charge in [0.05, 0.1) is 0 Å². The zero-order valence-corrected chi connectivity index (χ0v) is 11.5. The van der Waals surface area contributed by atoms with Crippen LogP contribution >= 0.6 is 0 Å². The van der Waals surface area contributed by atoms with Crippen LogP contribution in [0, 0.1) is 5.92 Å². The van der Waals surface area contributed by atoms with Crippen LogP contribution in [0.25, 0.3) is 0 Å². The second kappa shape index (κ2) is 6.14. The molecule has 4 heteroatoms. The van der Waals surface area contributed by atoms with Gasteiger partial charge in [-0.15, -0.1) is 0 Å². The predicted molar refractivity (Wildman–Crippen MR) is 74.7 cm³/mol. The molecule has 4 nitrogen and oxygen atoms in total. The van der Waals surface area contributed by atoms with Crippen molar-refractivity contribution in [3.8, 4) is 0 Å². The molecule has 0 saturated carbocycles. The molecule has 18 heavy (non-hydrogen) atoms. The first-order valence-electron chi connectivity index (χ1n) is 6.97. The standard InChI is InChI=1S/C14H24N4/c1-11(2)13-8-16-14(17-9-13)18-7-3-4-12(10-18)5-6-15/h8-9,11-12H,3-7,10,15H2,1-2H3. The Bertz CT molecular complexity index is 359. The van der Waals surface area contributed by atoms with Crippen molar-refractivity contribution in [1.29, 1.82) is 0 Å². The monoisotopic (exact) mass is 248 g/mol. The van der Waals surface area contributed by atoms with Crippen molar-refractivity contribution < 1.29 is 0 Å². The molecule has 1 aliphatic rings. The fraction of sp³-hybridized carbons (Fsp3) is 0.714. The fourth-order valence-electron chi connectivity index (χ4n) is 2.51. The van der Waals surface area contributed by atoms with E-state index in [2.05, 4.69) is 28.7 Å². The first kappa shape index (κ1) is 13.3. The third-order valence-corrected chi connectivity index (χ3v) is 3.70. The van der Waals surface area contributed by atoms with Crippen LogP contribution in [0.1, 0.15) is 44.6 Å². The Kier molecular flexibility index (Phi) is 4.53. The largest absolute Gasteiger partial charge is 0.341 e. The number of nitrogens with two attached hydrogens (primary N) is 1. The van der Waals surface area contributed by atoms with Gasteiger partial charge in [0, 0.05) is 25.5 Å². The summed E-state index contributed by atoms with van der Waals surface area (Å²) in [4.78, 5) is 11.3. The molecule has 1 aromatic rings. The molecule has 1 aliphatic heterocycles. The van der Waals surface area contributed by atoms with Crippen LogP contribution in [0.3, 0.4) is 0 Å². The van der Waals surface area contributed by atoms with Crippen LogP contribution in [0.15, 0.2) is 12.4 Å². The van der Waals surface area contributed by atoms with E-state index in [1.165, 1.54) is 18.4 Å². The Balaban J connectivity index is 2.02. The van der Waals surface area contributed by atoms with Crippen LogP contribution in [-0.4, -0.2) is 29.6 Å². The van der Waals surface area contributed by atoms with E-state index in [9.17, 15) is 0 Å². The number of anilines is 1. The van der Waals surface area contributed by atoms with E-state index in [1.807, 2.05) is 12.4 Å². The lowest BCUT2D eigenvalue weighted by Crippen LogP contribution is -2.37. The molecule has 2 N–H and O–H groups in total. The minimum atomic E-state index is 0.491. The number of hydrogen-bond donors (Lipinski definition) is 1. The minimum Gasteiger partial charge on any atom is -0.341 e. The van der Waals surface area contributed by atoms with Gasteiger partial charge in [-0.1, -0.05) is 13.8 Å². The Morgan fingerprint density at radius 1 is 1.39 bits per heavy atom. The number of nitrogens with zero attached hydrogens (tertiary/aromatic N) is 3. The van der Waals surface area contributed by atoms with Gasteiger partial charge in [-0.2, -0.15) is 0 Å². The van der Waals surface area contributed by atoms with Crippen molar-refractivity contribution in [3.63, 3.8) is 0 Å². The summed E-state index contributed by atoms with van der Waals surface area (Å²) in [6.07, 6.45) is 7.54. The van der Waals surface area contributed by atoms with Gasteiger partial charge in [0.1, 0.15) is 0 Å². The van der Waals surface area contributed by atoms with Crippen molar-refractivity contribution in [2.24, 2.45) is 11.7 Å². The van der Waals surface area contributed by atoms with Crippen LogP contribution in [0.2, 0.25) is 0 Å². The van der Waals surface area contributed by atoms with Crippen molar-refractivity contribution in [3.05, 3.63) is 18.0 Å². The SMILES string of the molecule is CC(C)c1cnc(N2CCCC(CCN)C2)nc1. The number of aromatic nitrogens is 2. The van der Waals surface area contributed by atoms with Gasteiger partial charge in [0.25, 0.3) is 0 Å². The molecule has 0 aromatic carbocycles. The summed E-state index contributed by atoms with van der Waals surface area (Å²) >= 11 is 0. The second-order valence-electron chi connectivity index (χ2n) is 5.50. The van der Waals surface area contributed by atoms with E-state index in [0.29, 0.717) is 11.8 Å². The van der Waals surface area contributed by atoms with E-state index >= 15 is 0 Å². The number of piperidine rings is 1. The zero-order chi connectivity index (χ0) is 13.0. The minimum absolute atomic E-state index is 0.491. The van der Waals surface area contributed by atoms with E-state index in [4.69, 9.17) is 5.73 Å². The first-order chi connectivity index (χ1) is 8.70. The van der Waals surface area contributed by atoms with Gasteiger partial charge in [-0.3, -0.25) is 0 Å². The molecular weight excluding hydrogens is 224 g/mol. The molecule has 1 unspecified atom stereocenters. The van der Waals surface area contributed by atoms with Crippen molar-refractivity contribution in [1.82, 2.24) is 9.97 Å². The summed E-state index contributed by atoms with van der Waals surface area (Å²) in [7, 11) is 0. The van der Waals surface area contributed by atoms with Crippen LogP contribution < -0.4 is 10.6 Å². The summed E-state index contributed by atoms with van der Waals surface area (Å²) in [5.74, 6) is 2.07. The summed E-state index contributed by atoms with van der Waals surface area (Å²) < 4.78 is 0. The molecule has 2 rings (SSSR count). The topological polar surface area (TPSA) is 55.0 Å². The van der Waals surface area contributed by atoms with E-state index in [0.717, 1.165) is 32.0 Å². The van der Waals surface area contributed by atoms with Gasteiger partial charge in [0.15, 0.2) is 0 Å². The van der Waals surface area contributed by atoms with Crippen molar-refractivity contribution in [2.75, 3.05) is 24.5 Å². The highest BCUT2D eigenvalue weighted by Gasteiger charge is 2.21. The van der Waals surface area contributed by atoms with E-state index in [1.54, 1.807) is 0 Å². The summed E-state index contributed by atoms with van der Waals surface area (Å²) in [6.45, 7) is 7.24. The second-order valence-corrected chi connectivity index (χ2v) is 5.50. The molecule has 1 atom stereocenters. The molecule has 1 aromatic heterocycles. The Labute approximate surface area is 110 Å². The van der Waals surface area contributed by atoms with Gasteiger partial charge < -0.3 is 10.6 Å². The third kappa shape index (κ3) is 3.19. The molecule has 2 heterocycles. The highest BCUT2D eigenvalue weighted by atomic mass is 15.2. The summed E-state index contributed by atoms with van der Waals surface area (Å²) in [5, 5.41) is 0. The Morgan fingerprint density at radius 3 is 2.72 bits per heavy atom. The number of rotatable bonds is 4. The third-order valence-electron chi connectivity index (χ3n) is 3.70. The molecule has 1 saturated heterocycles. The maximum Gasteiger partial charge on any atom is 0.225 e. The molecule has 1 fully saturated rings. The smallest absolute Gasteiger partial charge is 0.225 e. The maximum atomic E-state index is 5.65. The van der Waals surface area contributed by atoms with E-state index in [-0.39, 0.29) is 0 Å². The molecule has 0 spiro atoms. The molecule has 0 aliphatic carbocycles. The molecule has 0 bridgehead atoms. The van der Waals surface area contributed by atoms with Gasteiger partial charge >= 0.3 is 0 Å². The molecule has 100 valence electrons. The Morgan fingerprint density at radius 2 is 2.11 bits per heavy atom. The lowest BCUT2D eigenvalue weighted by molar-refractivity contribution is 0.392. The first-order valence-corrected chi connectivity index (χ1v) is 6.97. The van der Waals surface area contributed by atoms with Crippen molar-refractivity contribution in [2.45, 2.75) is 39.0 Å². The quantitative estimate of drug-likeness (QED) is 0.887. The maximum absolute atomic E-state index is 5.65.